The first-order valence-corrected chi connectivity index (χ1v) is 9.38. The third kappa shape index (κ3) is 4.24. The van der Waals surface area contributed by atoms with Gasteiger partial charge in [-0.15, -0.1) is 0 Å². The van der Waals surface area contributed by atoms with Gasteiger partial charge in [-0.25, -0.2) is 9.78 Å². The fraction of sp³-hybridized carbons (Fsp3) is 0.381. The van der Waals surface area contributed by atoms with Crippen LogP contribution >= 0.6 is 0 Å². The fourth-order valence-corrected chi connectivity index (χ4v) is 3.04. The van der Waals surface area contributed by atoms with Crippen molar-refractivity contribution in [3.8, 4) is 11.5 Å². The Kier molecular flexibility index (Phi) is 6.13. The number of benzene rings is 1. The number of nitrogens with one attached hydrogen (secondary N) is 1. The van der Waals surface area contributed by atoms with E-state index in [1.165, 1.54) is 6.07 Å². The zero-order chi connectivity index (χ0) is 20.1. The highest BCUT2D eigenvalue weighted by molar-refractivity contribution is 5.95. The summed E-state index contributed by atoms with van der Waals surface area (Å²) in [6, 6.07) is 8.58. The van der Waals surface area contributed by atoms with Gasteiger partial charge in [0, 0.05) is 0 Å². The summed E-state index contributed by atoms with van der Waals surface area (Å²) >= 11 is 0. The number of aromatic nitrogens is 1. The molecule has 0 bridgehead atoms. The minimum Gasteiger partial charge on any atom is -0.486 e. The van der Waals surface area contributed by atoms with E-state index in [-0.39, 0.29) is 24.2 Å². The minimum absolute atomic E-state index is 0.199. The van der Waals surface area contributed by atoms with Gasteiger partial charge >= 0.3 is 5.97 Å². The molecule has 0 spiro atoms. The van der Waals surface area contributed by atoms with Gasteiger partial charge in [0.2, 0.25) is 0 Å². The third-order valence-electron chi connectivity index (χ3n) is 4.50. The molecule has 1 aliphatic heterocycles. The van der Waals surface area contributed by atoms with Gasteiger partial charge in [0.1, 0.15) is 18.9 Å². The molecule has 7 nitrogen and oxygen atoms in total. The van der Waals surface area contributed by atoms with Crippen LogP contribution in [-0.2, 0) is 4.74 Å². The van der Waals surface area contributed by atoms with E-state index in [1.54, 1.807) is 19.9 Å². The van der Waals surface area contributed by atoms with Crippen LogP contribution in [0.15, 0.2) is 30.3 Å². The number of carbonyl (C=O) groups excluding carboxylic acids is 2. The zero-order valence-corrected chi connectivity index (χ0v) is 16.3. The quantitative estimate of drug-likeness (QED) is 0.770. The number of pyridine rings is 1. The standard InChI is InChI=1S/C21H24N2O5/c1-4-16(14-6-9-18-19(12-14)28-11-10-27-18)23-20(24)17-8-7-15(13(3)22-17)21(25)26-5-2/h6-9,12,16H,4-5,10-11H2,1-3H3,(H,23,24). The SMILES string of the molecule is CCOC(=O)c1ccc(C(=O)NC(CC)c2ccc3c(c2)OCCO3)nc1C. The number of aryl methyl sites for hydroxylation is 1. The molecule has 7 heteroatoms. The number of amides is 1. The summed E-state index contributed by atoms with van der Waals surface area (Å²) in [6.07, 6.45) is 0.700. The summed E-state index contributed by atoms with van der Waals surface area (Å²) in [5.41, 5.74) is 2.00. The van der Waals surface area contributed by atoms with E-state index >= 15 is 0 Å². The van der Waals surface area contributed by atoms with Crippen molar-refractivity contribution in [3.05, 3.63) is 52.8 Å². The number of nitrogens with zero attached hydrogens (tertiary/aromatic N) is 1. The van der Waals surface area contributed by atoms with Crippen molar-refractivity contribution >= 4 is 11.9 Å². The first-order valence-electron chi connectivity index (χ1n) is 9.38. The molecule has 1 atom stereocenters. The number of ether oxygens (including phenoxy) is 3. The molecule has 1 N–H and O–H groups in total. The van der Waals surface area contributed by atoms with Crippen LogP contribution < -0.4 is 14.8 Å². The van der Waals surface area contributed by atoms with E-state index < -0.39 is 5.97 Å². The number of fused-ring (bicyclic) bond motifs is 1. The van der Waals surface area contributed by atoms with E-state index in [4.69, 9.17) is 14.2 Å². The number of hydrogen-bond acceptors (Lipinski definition) is 6. The molecule has 0 saturated heterocycles. The second kappa shape index (κ2) is 8.73. The Labute approximate surface area is 164 Å². The Hall–Kier alpha value is -3.09. The van der Waals surface area contributed by atoms with Gasteiger partial charge in [-0.1, -0.05) is 13.0 Å². The predicted molar refractivity (Wildman–Crippen MR) is 103 cm³/mol. The number of carbonyl (C=O) groups is 2. The highest BCUT2D eigenvalue weighted by atomic mass is 16.6. The van der Waals surface area contributed by atoms with E-state index in [9.17, 15) is 9.59 Å². The molecule has 28 heavy (non-hydrogen) atoms. The Bertz CT molecular complexity index is 881. The molecule has 1 aromatic heterocycles. The van der Waals surface area contributed by atoms with Gasteiger partial charge < -0.3 is 19.5 Å². The fourth-order valence-electron chi connectivity index (χ4n) is 3.04. The largest absolute Gasteiger partial charge is 0.486 e. The summed E-state index contributed by atoms with van der Waals surface area (Å²) in [5.74, 6) is 0.648. The number of hydrogen-bond donors (Lipinski definition) is 1. The summed E-state index contributed by atoms with van der Waals surface area (Å²) < 4.78 is 16.2. The van der Waals surface area contributed by atoms with Crippen molar-refractivity contribution in [2.24, 2.45) is 0 Å². The Morgan fingerprint density at radius 3 is 2.57 bits per heavy atom. The molecule has 3 rings (SSSR count). The van der Waals surface area contributed by atoms with Gasteiger partial charge in [0.15, 0.2) is 11.5 Å². The third-order valence-corrected chi connectivity index (χ3v) is 4.50. The Morgan fingerprint density at radius 2 is 1.89 bits per heavy atom. The second-order valence-corrected chi connectivity index (χ2v) is 6.39. The highest BCUT2D eigenvalue weighted by Crippen LogP contribution is 2.33. The maximum absolute atomic E-state index is 12.7. The topological polar surface area (TPSA) is 86.8 Å². The lowest BCUT2D eigenvalue weighted by Crippen LogP contribution is -2.29. The van der Waals surface area contributed by atoms with E-state index in [0.717, 1.165) is 5.56 Å². The van der Waals surface area contributed by atoms with Crippen molar-refractivity contribution in [2.75, 3.05) is 19.8 Å². The van der Waals surface area contributed by atoms with Crippen LogP contribution in [0.2, 0.25) is 0 Å². The molecule has 0 radical (unpaired) electrons. The normalized spacial score (nSPS) is 13.5. The second-order valence-electron chi connectivity index (χ2n) is 6.39. The summed E-state index contributed by atoms with van der Waals surface area (Å²) in [7, 11) is 0. The molecular formula is C21H24N2O5. The van der Waals surface area contributed by atoms with E-state index in [0.29, 0.717) is 42.4 Å². The summed E-state index contributed by atoms with van der Waals surface area (Å²) in [4.78, 5) is 28.8. The van der Waals surface area contributed by atoms with E-state index in [1.807, 2.05) is 25.1 Å². The lowest BCUT2D eigenvalue weighted by molar-refractivity contribution is 0.0524. The van der Waals surface area contributed by atoms with Crippen LogP contribution in [0.3, 0.4) is 0 Å². The van der Waals surface area contributed by atoms with Gasteiger partial charge in [-0.2, -0.15) is 0 Å². The average molecular weight is 384 g/mol. The predicted octanol–water partition coefficient (Wildman–Crippen LogP) is 3.22. The molecule has 0 fully saturated rings. The molecule has 1 unspecified atom stereocenters. The maximum Gasteiger partial charge on any atom is 0.339 e. The monoisotopic (exact) mass is 384 g/mol. The van der Waals surface area contributed by atoms with E-state index in [2.05, 4.69) is 10.3 Å². The molecule has 2 heterocycles. The molecular weight excluding hydrogens is 360 g/mol. The number of esters is 1. The smallest absolute Gasteiger partial charge is 0.339 e. The van der Waals surface area contributed by atoms with Crippen LogP contribution in [0.5, 0.6) is 11.5 Å². The first kappa shape index (κ1) is 19.7. The van der Waals surface area contributed by atoms with Crippen LogP contribution in [0.25, 0.3) is 0 Å². The van der Waals surface area contributed by atoms with Crippen LogP contribution in [0.4, 0.5) is 0 Å². The molecule has 1 aliphatic rings. The lowest BCUT2D eigenvalue weighted by Gasteiger charge is -2.22. The molecule has 1 aromatic carbocycles. The van der Waals surface area contributed by atoms with Crippen molar-refractivity contribution in [2.45, 2.75) is 33.2 Å². The van der Waals surface area contributed by atoms with Crippen molar-refractivity contribution < 1.29 is 23.8 Å². The van der Waals surface area contributed by atoms with Gasteiger partial charge in [0.25, 0.3) is 5.91 Å². The van der Waals surface area contributed by atoms with Gasteiger partial charge in [-0.05, 0) is 50.1 Å². The average Bonchev–Trinajstić information content (AvgIpc) is 2.71. The Balaban J connectivity index is 1.75. The minimum atomic E-state index is -0.442. The number of rotatable bonds is 6. The molecule has 148 valence electrons. The van der Waals surface area contributed by atoms with Gasteiger partial charge in [-0.3, -0.25) is 4.79 Å². The highest BCUT2D eigenvalue weighted by Gasteiger charge is 2.20. The van der Waals surface area contributed by atoms with Crippen LogP contribution in [-0.4, -0.2) is 36.7 Å². The van der Waals surface area contributed by atoms with Gasteiger partial charge in [0.05, 0.1) is 23.9 Å². The van der Waals surface area contributed by atoms with Crippen molar-refractivity contribution in [3.63, 3.8) is 0 Å². The zero-order valence-electron chi connectivity index (χ0n) is 16.3. The van der Waals surface area contributed by atoms with Crippen molar-refractivity contribution in [1.29, 1.82) is 0 Å². The Morgan fingerprint density at radius 1 is 1.14 bits per heavy atom. The summed E-state index contributed by atoms with van der Waals surface area (Å²) in [6.45, 7) is 6.74. The maximum atomic E-state index is 12.7. The summed E-state index contributed by atoms with van der Waals surface area (Å²) in [5, 5.41) is 2.99. The van der Waals surface area contributed by atoms with Crippen molar-refractivity contribution in [1.82, 2.24) is 10.3 Å². The van der Waals surface area contributed by atoms with Crippen LogP contribution in [0, 0.1) is 6.92 Å². The lowest BCUT2D eigenvalue weighted by atomic mass is 10.0. The molecule has 0 aliphatic carbocycles. The molecule has 1 amide bonds. The first-order chi connectivity index (χ1) is 13.5. The van der Waals surface area contributed by atoms with Crippen LogP contribution in [0.1, 0.15) is 58.4 Å². The molecule has 2 aromatic rings. The molecule has 0 saturated carbocycles.